The van der Waals surface area contributed by atoms with E-state index in [-0.39, 0.29) is 55.6 Å². The van der Waals surface area contributed by atoms with Crippen LogP contribution in [0.3, 0.4) is 0 Å². The zero-order valence-electron chi connectivity index (χ0n) is 51.1. The summed E-state index contributed by atoms with van der Waals surface area (Å²) < 4.78 is 9.35. The summed E-state index contributed by atoms with van der Waals surface area (Å²) >= 11 is 0. The number of ether oxygens (including phenoxy) is 1. The first kappa shape index (κ1) is 59.7. The van der Waals surface area contributed by atoms with Gasteiger partial charge in [-0.15, -0.1) is 53.6 Å². The molecule has 0 N–H and O–H groups in total. The summed E-state index contributed by atoms with van der Waals surface area (Å²) in [5, 5.41) is 2.27. The molecule has 0 saturated heterocycles. The van der Waals surface area contributed by atoms with Crippen LogP contribution in [0, 0.1) is 26.2 Å². The van der Waals surface area contributed by atoms with Gasteiger partial charge in [0.25, 0.3) is 0 Å². The van der Waals surface area contributed by atoms with Gasteiger partial charge in [-0.1, -0.05) is 203 Å². The van der Waals surface area contributed by atoms with Crippen LogP contribution in [0.2, 0.25) is 0 Å². The summed E-state index contributed by atoms with van der Waals surface area (Å²) in [7, 11) is 0. The van der Waals surface area contributed by atoms with Crippen molar-refractivity contribution in [1.29, 1.82) is 0 Å². The summed E-state index contributed by atoms with van der Waals surface area (Å²) in [5.41, 5.74) is 18.2. The molecule has 0 unspecified atom stereocenters. The molecule has 1 aliphatic rings. The van der Waals surface area contributed by atoms with Crippen LogP contribution in [-0.4, -0.2) is 9.55 Å². The van der Waals surface area contributed by atoms with Crippen molar-refractivity contribution in [2.75, 3.05) is 9.80 Å². The van der Waals surface area contributed by atoms with E-state index in [1.165, 1.54) is 55.5 Å². The molecule has 416 valence electrons. The number of anilines is 4. The summed E-state index contributed by atoms with van der Waals surface area (Å²) in [5.74, 6) is 2.78. The molecular weight excluding hydrogens is 1160 g/mol. The quantitative estimate of drug-likeness (QED) is 0.128. The molecule has 7 aromatic carbocycles. The number of fused-ring (bicyclic) bond motifs is 4. The minimum absolute atomic E-state index is 0. The van der Waals surface area contributed by atoms with Crippen LogP contribution < -0.4 is 14.5 Å². The van der Waals surface area contributed by atoms with Crippen molar-refractivity contribution >= 4 is 44.6 Å². The SMILES string of the molecule is CC(C)c1cccc(C(C)C)c1-c1ccc2c(c1)N(c1[c-]c(Oc3[c-]c4c(cc3)c3cc(C(C)(C)C)ccc3n4-c3cc(C(C)(C)C)ccn3)cc(C(C)(C)C)c1)[CH-]N2c1cc(C(C)(C)C)cc(C(C)(C)c2ccccc2)c1.[CH3-].[Pt+4]. The van der Waals surface area contributed by atoms with Crippen LogP contribution in [0.5, 0.6) is 11.5 Å². The number of rotatable bonds is 10. The molecule has 2 aromatic heterocycles. The summed E-state index contributed by atoms with van der Waals surface area (Å²) in [6, 6.07) is 59.6. The zero-order valence-corrected chi connectivity index (χ0v) is 53.4. The van der Waals surface area contributed by atoms with Crippen LogP contribution in [-0.2, 0) is 48.1 Å². The maximum Gasteiger partial charge on any atom is 4.00 e. The summed E-state index contributed by atoms with van der Waals surface area (Å²) in [6.45, 7) is 43.5. The fraction of sp³-hybridized carbons (Fsp3) is 0.338. The van der Waals surface area contributed by atoms with E-state index in [1.54, 1.807) is 0 Å². The molecule has 3 heterocycles. The fourth-order valence-electron chi connectivity index (χ4n) is 11.1. The van der Waals surface area contributed by atoms with E-state index in [0.717, 1.165) is 50.6 Å². The fourth-order valence-corrected chi connectivity index (χ4v) is 11.1. The van der Waals surface area contributed by atoms with Crippen molar-refractivity contribution in [3.8, 4) is 28.4 Å². The molecule has 9 aromatic rings. The van der Waals surface area contributed by atoms with Crippen molar-refractivity contribution in [3.05, 3.63) is 216 Å². The Morgan fingerprint density at radius 3 is 1.73 bits per heavy atom. The number of aromatic nitrogens is 2. The first-order valence-electron chi connectivity index (χ1n) is 28.2. The Morgan fingerprint density at radius 1 is 0.487 bits per heavy atom. The predicted octanol–water partition coefficient (Wildman–Crippen LogP) is 20.9. The summed E-state index contributed by atoms with van der Waals surface area (Å²) in [4.78, 5) is 9.73. The largest absolute Gasteiger partial charge is 4.00 e. The normalized spacial score (nSPS) is 13.3. The average molecular weight is 1240 g/mol. The topological polar surface area (TPSA) is 33.5 Å². The van der Waals surface area contributed by atoms with E-state index in [0.29, 0.717) is 23.3 Å². The van der Waals surface area contributed by atoms with Crippen molar-refractivity contribution in [1.82, 2.24) is 9.55 Å². The van der Waals surface area contributed by atoms with Gasteiger partial charge in [0.2, 0.25) is 0 Å². The molecule has 0 radical (unpaired) electrons. The molecule has 0 amide bonds. The average Bonchev–Trinajstić information content (AvgIpc) is 4.09. The van der Waals surface area contributed by atoms with Gasteiger partial charge in [0.05, 0.1) is 0 Å². The number of pyridine rings is 1. The second kappa shape index (κ2) is 21.8. The van der Waals surface area contributed by atoms with Gasteiger partial charge in [-0.25, -0.2) is 4.98 Å². The smallest absolute Gasteiger partial charge is 0.509 e. The Balaban J connectivity index is 0.00000420. The second-order valence-corrected chi connectivity index (χ2v) is 27.2. The van der Waals surface area contributed by atoms with E-state index >= 15 is 0 Å². The molecule has 5 nitrogen and oxygen atoms in total. The first-order chi connectivity index (χ1) is 36.6. The van der Waals surface area contributed by atoms with Gasteiger partial charge >= 0.3 is 21.1 Å². The Labute approximate surface area is 495 Å². The van der Waals surface area contributed by atoms with Crippen LogP contribution in [0.25, 0.3) is 38.8 Å². The van der Waals surface area contributed by atoms with Crippen molar-refractivity contribution in [3.63, 3.8) is 0 Å². The van der Waals surface area contributed by atoms with Crippen LogP contribution in [0.1, 0.15) is 181 Å². The number of hydrogen-bond donors (Lipinski definition) is 0. The molecule has 0 aliphatic carbocycles. The molecule has 0 bridgehead atoms. The van der Waals surface area contributed by atoms with E-state index in [4.69, 9.17) is 9.72 Å². The first-order valence-corrected chi connectivity index (χ1v) is 28.2. The molecule has 0 saturated carbocycles. The van der Waals surface area contributed by atoms with Gasteiger partial charge < -0.3 is 26.5 Å². The zero-order chi connectivity index (χ0) is 56.0. The van der Waals surface area contributed by atoms with Gasteiger partial charge in [-0.05, 0) is 131 Å². The van der Waals surface area contributed by atoms with Gasteiger partial charge in [0.15, 0.2) is 0 Å². The third-order valence-corrected chi connectivity index (χ3v) is 16.2. The van der Waals surface area contributed by atoms with E-state index in [1.807, 2.05) is 6.20 Å². The van der Waals surface area contributed by atoms with E-state index < -0.39 is 0 Å². The third-order valence-electron chi connectivity index (χ3n) is 16.2. The number of hydrogen-bond acceptors (Lipinski definition) is 4. The Kier molecular flexibility index (Phi) is 16.3. The molecule has 10 rings (SSSR count). The van der Waals surface area contributed by atoms with Crippen molar-refractivity contribution in [2.45, 2.75) is 164 Å². The molecule has 0 spiro atoms. The van der Waals surface area contributed by atoms with Gasteiger partial charge in [0, 0.05) is 45.7 Å². The van der Waals surface area contributed by atoms with Gasteiger partial charge in [-0.3, -0.25) is 0 Å². The molecule has 6 heteroatoms. The molecule has 0 fully saturated rings. The number of nitrogens with zero attached hydrogens (tertiary/aromatic N) is 4. The Hall–Kier alpha value is -6.42. The summed E-state index contributed by atoms with van der Waals surface area (Å²) in [6.07, 6.45) is 1.93. The maximum absolute atomic E-state index is 7.09. The second-order valence-electron chi connectivity index (χ2n) is 27.2. The molecular formula is C74H84N4OPt. The Bertz CT molecular complexity index is 3690. The molecule has 80 heavy (non-hydrogen) atoms. The third kappa shape index (κ3) is 11.4. The van der Waals surface area contributed by atoms with Gasteiger partial charge in [-0.2, -0.15) is 6.07 Å². The maximum atomic E-state index is 7.09. The standard InChI is InChI=1S/C73H81N4O.CH3.Pt/c1-46(2)59-25-22-26-60(47(3)4)68(59)48-27-31-64-66(35-48)76(45-75(64)55-37-52(71(11,12)13)36-54(39-55)73(17,18)49-23-20-19-21-24-49)56-38-53(72(14,15)16)40-58(43-56)78-57-29-30-61-62-41-50(69(5,6)7)28-32-63(62)77(65(61)44-57)67-42-51(33-34-74-67)70(8,9)10;;/h19-42,45-47H,1-18H3;1H3;/q-3;-1;+4. The van der Waals surface area contributed by atoms with E-state index in [9.17, 15) is 0 Å². The monoisotopic (exact) mass is 1240 g/mol. The van der Waals surface area contributed by atoms with Crippen molar-refractivity contribution in [2.24, 2.45) is 0 Å². The van der Waals surface area contributed by atoms with Crippen LogP contribution in [0.15, 0.2) is 146 Å². The Morgan fingerprint density at radius 2 is 1.10 bits per heavy atom. The minimum Gasteiger partial charge on any atom is -0.509 e. The van der Waals surface area contributed by atoms with Crippen molar-refractivity contribution < 1.29 is 25.8 Å². The van der Waals surface area contributed by atoms with Crippen LogP contribution in [0.4, 0.5) is 22.7 Å². The van der Waals surface area contributed by atoms with Crippen LogP contribution >= 0.6 is 0 Å². The molecule has 0 atom stereocenters. The van der Waals surface area contributed by atoms with Gasteiger partial charge in [0.1, 0.15) is 5.82 Å². The van der Waals surface area contributed by atoms with E-state index in [2.05, 4.69) is 297 Å². The predicted molar refractivity (Wildman–Crippen MR) is 338 cm³/mol. The minimum atomic E-state index is -0.255. The number of benzene rings is 7. The molecule has 1 aliphatic heterocycles.